The lowest BCUT2D eigenvalue weighted by molar-refractivity contribution is 0.0985. The lowest BCUT2D eigenvalue weighted by Gasteiger charge is -2.48. The number of aromatic nitrogens is 2. The van der Waals surface area contributed by atoms with E-state index in [9.17, 15) is 0 Å². The standard InChI is InChI=1S/C23H24N2S2.C21H22N2S2.C20H20N2OS.C19H20N4S/c1-3-5-15-6-4-7-16(8-15)19-10-20(26-13-19)22(2)14-23(27-21(24)25-22)11-17-9-18(17)12-23;1-3-6-15-7-4-8-16(11-15)17-12-18(24-13-17)20(2)14-21(9-5-10-21)25-19(22)23-20;1-3-5-14-6-4-7-15(10-14)16-11-17(24-12-16)19(2)13-20(8-9-20)23-18(21)22-19;1-3-4-14-9-16(11-21-10-14)23-8-5-15(12-23)18(2)13-19(6-7-19)24-17(20)22-18/h4,6-8,10,13,17-18H,9,11-12,14H2,1-2H3,(H2,24,25);4,7-8,11-13H,5,9-10,14H2,1-2H3,(H2,22,23);4,6-7,10-12H,8-9,13H2,1-2H3,(H2,21,22);5,8-12H,6-7,13H2,1-2H3,(H2,20,22). The second-order valence-electron chi connectivity index (χ2n) is 29.3. The van der Waals surface area contributed by atoms with Crippen LogP contribution in [0.4, 0.5) is 0 Å². The van der Waals surface area contributed by atoms with Gasteiger partial charge in [0.05, 0.1) is 28.5 Å². The predicted octanol–water partition coefficient (Wildman–Crippen LogP) is 18.7. The van der Waals surface area contributed by atoms with Crippen molar-refractivity contribution in [2.45, 2.75) is 187 Å². The molecular weight excluding hydrogens is 1350 g/mol. The summed E-state index contributed by atoms with van der Waals surface area (Å²) in [6.07, 6.45) is 24.6. The second-order valence-corrected chi connectivity index (χ2v) is 36.5. The van der Waals surface area contributed by atoms with Gasteiger partial charge in [-0.05, 0) is 266 Å². The average Bonchev–Trinajstić information content (AvgIpc) is 1.50. The Morgan fingerprint density at radius 1 is 0.460 bits per heavy atom. The van der Waals surface area contributed by atoms with Gasteiger partial charge in [-0.1, -0.05) is 102 Å². The molecule has 0 radical (unpaired) electrons. The van der Waals surface area contributed by atoms with E-state index in [0.29, 0.717) is 20.3 Å². The van der Waals surface area contributed by atoms with Gasteiger partial charge < -0.3 is 32.2 Å². The predicted molar refractivity (Wildman–Crippen MR) is 425 cm³/mol. The molecule has 6 unspecified atom stereocenters. The fourth-order valence-corrected chi connectivity index (χ4v) is 23.5. The molecule has 9 aliphatic rings. The monoisotopic (exact) mass is 1430 g/mol. The number of pyridine rings is 1. The first-order valence-electron chi connectivity index (χ1n) is 34.7. The van der Waals surface area contributed by atoms with Crippen molar-refractivity contribution >= 4 is 90.8 Å². The molecule has 100 heavy (non-hydrogen) atoms. The van der Waals surface area contributed by atoms with Crippen molar-refractivity contribution in [3.63, 3.8) is 0 Å². The zero-order valence-electron chi connectivity index (χ0n) is 58.3. The fourth-order valence-electron chi connectivity index (χ4n) is 15.8. The maximum atomic E-state index is 6.34. The van der Waals surface area contributed by atoms with Crippen molar-refractivity contribution in [3.8, 4) is 86.4 Å². The quantitative estimate of drug-likeness (QED) is 0.108. The number of ether oxygens (including phenoxy) is 1. The van der Waals surface area contributed by atoms with E-state index in [1.54, 1.807) is 52.4 Å². The van der Waals surface area contributed by atoms with Crippen molar-refractivity contribution in [3.05, 3.63) is 187 Å². The third-order valence-corrected chi connectivity index (χ3v) is 28.3. The summed E-state index contributed by atoms with van der Waals surface area (Å²) in [5.41, 5.74) is 37.2. The van der Waals surface area contributed by atoms with Crippen LogP contribution in [0.15, 0.2) is 164 Å². The highest BCUT2D eigenvalue weighted by Gasteiger charge is 2.59. The van der Waals surface area contributed by atoms with E-state index in [4.69, 9.17) is 42.6 Å². The fraction of sp³-hybridized carbons (Fsp3) is 0.386. The Kier molecular flexibility index (Phi) is 19.0. The summed E-state index contributed by atoms with van der Waals surface area (Å²) in [5.74, 6) is 26.2. The van der Waals surface area contributed by atoms with Crippen LogP contribution >= 0.6 is 69.3 Å². The van der Waals surface area contributed by atoms with Crippen LogP contribution in [-0.4, -0.2) is 50.9 Å². The first-order chi connectivity index (χ1) is 48.0. The third kappa shape index (κ3) is 15.1. The number of hydrogen-bond donors (Lipinski definition) is 4. The van der Waals surface area contributed by atoms with Gasteiger partial charge in [-0.25, -0.2) is 4.99 Å². The number of nitrogens with zero attached hydrogens (tertiary/aromatic N) is 6. The van der Waals surface area contributed by atoms with Crippen LogP contribution in [0.1, 0.15) is 188 Å². The van der Waals surface area contributed by atoms with Crippen LogP contribution < -0.4 is 22.9 Å². The summed E-state index contributed by atoms with van der Waals surface area (Å²) in [4.78, 5) is 27.4. The molecule has 6 atom stereocenters. The van der Waals surface area contributed by atoms with E-state index in [2.05, 4.69) is 209 Å². The molecule has 17 rings (SSSR count). The van der Waals surface area contributed by atoms with Crippen LogP contribution in [0.5, 0.6) is 0 Å². The van der Waals surface area contributed by atoms with E-state index in [-0.39, 0.29) is 27.8 Å². The van der Waals surface area contributed by atoms with Crippen molar-refractivity contribution in [1.29, 1.82) is 0 Å². The number of fused-ring (bicyclic) bond motifs is 1. The summed E-state index contributed by atoms with van der Waals surface area (Å²) in [6.45, 7) is 16.3. The highest BCUT2D eigenvalue weighted by atomic mass is 32.2. The molecule has 5 aliphatic carbocycles. The Balaban J connectivity index is 0.000000114. The lowest BCUT2D eigenvalue weighted by atomic mass is 9.75. The van der Waals surface area contributed by atoms with Crippen molar-refractivity contribution in [1.82, 2.24) is 9.55 Å². The summed E-state index contributed by atoms with van der Waals surface area (Å²) in [5, 5.41) is 8.94. The van der Waals surface area contributed by atoms with Crippen LogP contribution in [0, 0.1) is 59.2 Å². The molecule has 8 N–H and O–H groups in total. The van der Waals surface area contributed by atoms with Gasteiger partial charge >= 0.3 is 0 Å². The van der Waals surface area contributed by atoms with Crippen LogP contribution in [0.25, 0.3) is 39.1 Å². The molecular formula is C83H86N10OS6. The maximum absolute atomic E-state index is 6.34. The molecule has 11 nitrogen and oxygen atoms in total. The minimum absolute atomic E-state index is 0.0681. The van der Waals surface area contributed by atoms with Gasteiger partial charge in [0, 0.05) is 76.1 Å². The lowest BCUT2D eigenvalue weighted by Crippen LogP contribution is -2.45. The SMILES string of the molecule is CC#Cc1cccc(-c2csc(C3(C)CC4(CC4)OC(N)=N3)c2)c1.CC#Cc1cccc(-c2csc(C3(C)CC4(CC5CC5C4)SC(N)=N3)c2)c1.CC#Cc1cccc(-c2csc(C3(C)CC4(CCC4)SC(N)=N3)c2)c1.CC#Cc1cncc(-n2ccc(C3(C)CC4(CC4)SC(N)=N3)c2)c1. The number of amidine groups is 4. The highest BCUT2D eigenvalue weighted by Crippen LogP contribution is 2.65. The molecule has 4 aliphatic heterocycles. The molecule has 510 valence electrons. The summed E-state index contributed by atoms with van der Waals surface area (Å²) in [7, 11) is 0. The molecule has 4 spiro atoms. The largest absolute Gasteiger partial charge is 0.459 e. The Bertz CT molecular complexity index is 4710. The zero-order chi connectivity index (χ0) is 69.7. The van der Waals surface area contributed by atoms with Gasteiger partial charge in [0.15, 0.2) is 15.5 Å². The molecule has 3 aromatic carbocycles. The second kappa shape index (κ2) is 27.5. The Hall–Kier alpha value is -7.84. The molecule has 0 amide bonds. The number of thiophene rings is 3. The number of benzene rings is 3. The normalized spacial score (nSPS) is 26.7. The smallest absolute Gasteiger partial charge is 0.283 e. The van der Waals surface area contributed by atoms with E-state index >= 15 is 0 Å². The Morgan fingerprint density at radius 3 is 1.36 bits per heavy atom. The van der Waals surface area contributed by atoms with E-state index < -0.39 is 0 Å². The Labute approximate surface area is 615 Å². The summed E-state index contributed by atoms with van der Waals surface area (Å²) >= 11 is 10.8. The van der Waals surface area contributed by atoms with Gasteiger partial charge in [0.25, 0.3) is 6.02 Å². The van der Waals surface area contributed by atoms with E-state index in [0.717, 1.165) is 93.8 Å². The zero-order valence-corrected chi connectivity index (χ0v) is 63.2. The molecule has 5 fully saturated rings. The molecule has 5 aromatic heterocycles. The molecule has 8 aromatic rings. The average molecular weight is 1430 g/mol. The molecule has 9 heterocycles. The molecule has 17 heteroatoms. The van der Waals surface area contributed by atoms with E-state index in [1.807, 2.05) is 69.1 Å². The van der Waals surface area contributed by atoms with Crippen LogP contribution in [0.2, 0.25) is 0 Å². The number of hydrogen-bond acceptors (Lipinski definition) is 16. The summed E-state index contributed by atoms with van der Waals surface area (Å²) in [6, 6.07) is 36.6. The highest BCUT2D eigenvalue weighted by molar-refractivity contribution is 8.15. The topological polar surface area (TPSA) is 181 Å². The van der Waals surface area contributed by atoms with Gasteiger partial charge in [-0.3, -0.25) is 20.0 Å². The molecule has 0 saturated heterocycles. The van der Waals surface area contributed by atoms with Crippen LogP contribution in [0.3, 0.4) is 0 Å². The van der Waals surface area contributed by atoms with E-state index in [1.165, 1.54) is 105 Å². The van der Waals surface area contributed by atoms with Gasteiger partial charge in [-0.15, -0.1) is 57.7 Å². The number of aliphatic imine (C=N–C) groups is 4. The number of thioether (sulfide) groups is 3. The van der Waals surface area contributed by atoms with Crippen molar-refractivity contribution < 1.29 is 4.74 Å². The van der Waals surface area contributed by atoms with Gasteiger partial charge in [0.1, 0.15) is 11.1 Å². The minimum atomic E-state index is -0.289. The molecule has 0 bridgehead atoms. The summed E-state index contributed by atoms with van der Waals surface area (Å²) < 4.78 is 8.79. The first-order valence-corrected chi connectivity index (χ1v) is 39.7. The van der Waals surface area contributed by atoms with Crippen molar-refractivity contribution in [2.24, 2.45) is 54.7 Å². The van der Waals surface area contributed by atoms with Crippen LogP contribution in [-0.2, 0) is 26.9 Å². The Morgan fingerprint density at radius 2 is 0.900 bits per heavy atom. The van der Waals surface area contributed by atoms with Gasteiger partial charge in [0.2, 0.25) is 0 Å². The third-order valence-electron chi connectivity index (χ3n) is 21.0. The number of nitrogens with two attached hydrogens (primary N) is 4. The first kappa shape index (κ1) is 69.3. The maximum Gasteiger partial charge on any atom is 0.283 e. The molecule has 5 saturated carbocycles. The van der Waals surface area contributed by atoms with Crippen molar-refractivity contribution in [2.75, 3.05) is 0 Å². The number of rotatable bonds is 8. The minimum Gasteiger partial charge on any atom is -0.459 e. The van der Waals surface area contributed by atoms with Gasteiger partial charge in [-0.2, -0.15) is 0 Å².